The number of aromatic nitrogens is 2. The fourth-order valence-corrected chi connectivity index (χ4v) is 5.03. The summed E-state index contributed by atoms with van der Waals surface area (Å²) < 4.78 is 32.9. The van der Waals surface area contributed by atoms with Gasteiger partial charge in [-0.2, -0.15) is 4.31 Å². The molecule has 0 unspecified atom stereocenters. The fraction of sp³-hybridized carbons (Fsp3) is 0.545. The molecule has 0 N–H and O–H groups in total. The molecule has 2 aliphatic heterocycles. The number of ether oxygens (including phenoxy) is 1. The minimum absolute atomic E-state index is 0.321. The predicted octanol–water partition coefficient (Wildman–Crippen LogP) is 2.79. The molecule has 2 aliphatic rings. The molecule has 2 aromatic rings. The number of piperidine rings is 1. The Kier molecular flexibility index (Phi) is 5.83. The zero-order valence-electron chi connectivity index (χ0n) is 17.9. The van der Waals surface area contributed by atoms with Crippen molar-refractivity contribution in [3.63, 3.8) is 0 Å². The van der Waals surface area contributed by atoms with E-state index in [1.165, 1.54) is 6.26 Å². The van der Waals surface area contributed by atoms with Gasteiger partial charge in [-0.25, -0.2) is 18.4 Å². The van der Waals surface area contributed by atoms with Crippen molar-refractivity contribution in [3.8, 4) is 5.75 Å². The second kappa shape index (κ2) is 8.24. The summed E-state index contributed by atoms with van der Waals surface area (Å²) in [6.07, 6.45) is 6.66. The molecule has 1 saturated heterocycles. The molecule has 0 amide bonds. The molecule has 162 valence electrons. The van der Waals surface area contributed by atoms with Crippen LogP contribution in [0.15, 0.2) is 36.7 Å². The van der Waals surface area contributed by atoms with Gasteiger partial charge in [0.05, 0.1) is 12.8 Å². The third-order valence-electron chi connectivity index (χ3n) is 5.99. The highest BCUT2D eigenvalue weighted by molar-refractivity contribution is 7.88. The fourth-order valence-electron chi connectivity index (χ4n) is 4.18. The third kappa shape index (κ3) is 4.66. The average Bonchev–Trinajstić information content (AvgIpc) is 2.87. The Morgan fingerprint density at radius 1 is 1.13 bits per heavy atom. The number of para-hydroxylation sites is 1. The number of hydrogen-bond donors (Lipinski definition) is 0. The second-order valence-electron chi connectivity index (χ2n) is 8.80. The SMILES string of the molecule is CC(C)c1ncc(CN2CCC3(CC2)CN(S(C)(=O)=O)Cc2ccccc2O3)cn1. The van der Waals surface area contributed by atoms with Crippen LogP contribution in [0.3, 0.4) is 0 Å². The van der Waals surface area contributed by atoms with Crippen LogP contribution in [0.2, 0.25) is 0 Å². The van der Waals surface area contributed by atoms with E-state index >= 15 is 0 Å². The number of nitrogens with zero attached hydrogens (tertiary/aromatic N) is 4. The Balaban J connectivity index is 1.48. The lowest BCUT2D eigenvalue weighted by Gasteiger charge is -2.42. The van der Waals surface area contributed by atoms with Crippen LogP contribution in [0.1, 0.15) is 49.6 Å². The van der Waals surface area contributed by atoms with E-state index in [9.17, 15) is 8.42 Å². The third-order valence-corrected chi connectivity index (χ3v) is 7.19. The van der Waals surface area contributed by atoms with Crippen LogP contribution < -0.4 is 4.74 Å². The van der Waals surface area contributed by atoms with Crippen molar-refractivity contribution in [2.24, 2.45) is 0 Å². The van der Waals surface area contributed by atoms with Gasteiger partial charge in [-0.15, -0.1) is 0 Å². The van der Waals surface area contributed by atoms with Gasteiger partial charge in [-0.05, 0) is 6.07 Å². The first kappa shape index (κ1) is 21.2. The number of rotatable bonds is 4. The van der Waals surface area contributed by atoms with Crippen molar-refractivity contribution in [2.75, 3.05) is 25.9 Å². The highest BCUT2D eigenvalue weighted by Crippen LogP contribution is 2.36. The van der Waals surface area contributed by atoms with Crippen molar-refractivity contribution in [3.05, 3.63) is 53.6 Å². The zero-order valence-corrected chi connectivity index (χ0v) is 18.7. The predicted molar refractivity (Wildman–Crippen MR) is 116 cm³/mol. The van der Waals surface area contributed by atoms with Gasteiger partial charge in [0, 0.05) is 68.5 Å². The molecular formula is C22H30N4O3S. The zero-order chi connectivity index (χ0) is 21.4. The maximum atomic E-state index is 12.4. The van der Waals surface area contributed by atoms with Gasteiger partial charge < -0.3 is 4.74 Å². The lowest BCUT2D eigenvalue weighted by Crippen LogP contribution is -2.53. The van der Waals surface area contributed by atoms with Crippen LogP contribution in [-0.2, 0) is 23.1 Å². The largest absolute Gasteiger partial charge is 0.485 e. The van der Waals surface area contributed by atoms with Gasteiger partial charge in [0.15, 0.2) is 0 Å². The maximum absolute atomic E-state index is 12.4. The standard InChI is InChI=1S/C22H30N4O3S/c1-17(2)21-23-12-18(13-24-21)14-25-10-8-22(9-11-25)16-26(30(3,27)28)15-19-6-4-5-7-20(19)29-22/h4-7,12-13,17H,8-11,14-16H2,1-3H3. The molecule has 8 heteroatoms. The molecule has 0 atom stereocenters. The molecule has 0 aliphatic carbocycles. The minimum Gasteiger partial charge on any atom is -0.485 e. The first-order valence-corrected chi connectivity index (χ1v) is 12.3. The maximum Gasteiger partial charge on any atom is 0.211 e. The highest BCUT2D eigenvalue weighted by Gasteiger charge is 2.42. The van der Waals surface area contributed by atoms with E-state index in [1.54, 1.807) is 4.31 Å². The topological polar surface area (TPSA) is 75.6 Å². The van der Waals surface area contributed by atoms with E-state index in [0.717, 1.165) is 55.2 Å². The van der Waals surface area contributed by atoms with Gasteiger partial charge in [0.1, 0.15) is 17.2 Å². The molecule has 30 heavy (non-hydrogen) atoms. The van der Waals surface area contributed by atoms with Crippen LogP contribution in [0, 0.1) is 0 Å². The van der Waals surface area contributed by atoms with Crippen molar-refractivity contribution < 1.29 is 13.2 Å². The smallest absolute Gasteiger partial charge is 0.211 e. The lowest BCUT2D eigenvalue weighted by molar-refractivity contribution is -0.00748. The minimum atomic E-state index is -3.32. The van der Waals surface area contributed by atoms with Gasteiger partial charge in [-0.1, -0.05) is 32.0 Å². The molecule has 3 heterocycles. The molecule has 0 bridgehead atoms. The molecule has 0 saturated carbocycles. The van der Waals surface area contributed by atoms with Crippen molar-refractivity contribution in [2.45, 2.75) is 51.3 Å². The summed E-state index contributed by atoms with van der Waals surface area (Å²) in [5.74, 6) is 1.99. The Morgan fingerprint density at radius 3 is 2.43 bits per heavy atom. The first-order valence-electron chi connectivity index (χ1n) is 10.5. The van der Waals surface area contributed by atoms with Crippen LogP contribution in [0.4, 0.5) is 0 Å². The first-order chi connectivity index (χ1) is 14.2. The van der Waals surface area contributed by atoms with Crippen molar-refractivity contribution in [1.29, 1.82) is 0 Å². The molecular weight excluding hydrogens is 400 g/mol. The number of benzene rings is 1. The van der Waals surface area contributed by atoms with E-state index in [4.69, 9.17) is 4.74 Å². The highest BCUT2D eigenvalue weighted by atomic mass is 32.2. The summed E-state index contributed by atoms with van der Waals surface area (Å²) in [5, 5.41) is 0. The van der Waals surface area contributed by atoms with E-state index < -0.39 is 15.6 Å². The molecule has 0 radical (unpaired) electrons. The summed E-state index contributed by atoms with van der Waals surface area (Å²) >= 11 is 0. The lowest BCUT2D eigenvalue weighted by atomic mass is 9.90. The number of fused-ring (bicyclic) bond motifs is 1. The van der Waals surface area contributed by atoms with Gasteiger partial charge in [-0.3, -0.25) is 4.90 Å². The Hall–Kier alpha value is -2.03. The summed E-state index contributed by atoms with van der Waals surface area (Å²) in [6, 6.07) is 7.76. The Bertz CT molecular complexity index is 984. The number of sulfonamides is 1. The second-order valence-corrected chi connectivity index (χ2v) is 10.8. The number of hydrogen-bond acceptors (Lipinski definition) is 6. The van der Waals surface area contributed by atoms with E-state index in [2.05, 4.69) is 28.7 Å². The normalized spacial score (nSPS) is 20.0. The molecule has 1 aromatic carbocycles. The summed E-state index contributed by atoms with van der Waals surface area (Å²) in [4.78, 5) is 11.3. The quantitative estimate of drug-likeness (QED) is 0.743. The van der Waals surface area contributed by atoms with Crippen LogP contribution in [0.5, 0.6) is 5.75 Å². The molecule has 1 fully saturated rings. The molecule has 7 nitrogen and oxygen atoms in total. The van der Waals surface area contributed by atoms with E-state index in [-0.39, 0.29) is 0 Å². The van der Waals surface area contributed by atoms with Crippen LogP contribution in [0.25, 0.3) is 0 Å². The van der Waals surface area contributed by atoms with Gasteiger partial charge in [0.25, 0.3) is 0 Å². The number of likely N-dealkylation sites (tertiary alicyclic amines) is 1. The Morgan fingerprint density at radius 2 is 1.80 bits per heavy atom. The molecule has 1 spiro atoms. The summed E-state index contributed by atoms with van der Waals surface area (Å²) in [7, 11) is -3.32. The average molecular weight is 431 g/mol. The summed E-state index contributed by atoms with van der Waals surface area (Å²) in [5.41, 5.74) is 1.52. The monoisotopic (exact) mass is 430 g/mol. The van der Waals surface area contributed by atoms with Crippen molar-refractivity contribution in [1.82, 2.24) is 19.2 Å². The van der Waals surface area contributed by atoms with E-state index in [1.807, 2.05) is 36.7 Å². The molecule has 4 rings (SSSR count). The summed E-state index contributed by atoms with van der Waals surface area (Å²) in [6.45, 7) is 7.40. The van der Waals surface area contributed by atoms with Crippen LogP contribution in [-0.4, -0.2) is 59.1 Å². The van der Waals surface area contributed by atoms with Crippen molar-refractivity contribution >= 4 is 10.0 Å². The Labute approximate surface area is 179 Å². The van der Waals surface area contributed by atoms with E-state index in [0.29, 0.717) is 19.0 Å². The van der Waals surface area contributed by atoms with Gasteiger partial charge in [0.2, 0.25) is 10.0 Å². The van der Waals surface area contributed by atoms with Gasteiger partial charge >= 0.3 is 0 Å². The molecule has 1 aromatic heterocycles. The van der Waals surface area contributed by atoms with Crippen LogP contribution >= 0.6 is 0 Å².